The highest BCUT2D eigenvalue weighted by atomic mass is 15.5. The zero-order valence-electron chi connectivity index (χ0n) is 33.2. The van der Waals surface area contributed by atoms with Crippen LogP contribution < -0.4 is 85.1 Å². The van der Waals surface area contributed by atoms with Crippen molar-refractivity contribution >= 4 is 0 Å². The molecule has 16 atom stereocenters. The lowest BCUT2D eigenvalue weighted by atomic mass is 9.84. The molecule has 0 aromatic rings. The van der Waals surface area contributed by atoms with E-state index in [1.807, 2.05) is 0 Å². The Labute approximate surface area is 333 Å². The van der Waals surface area contributed by atoms with Crippen molar-refractivity contribution in [3.05, 3.63) is 0 Å². The van der Waals surface area contributed by atoms with Gasteiger partial charge in [0, 0.05) is 48.3 Å². The lowest BCUT2D eigenvalue weighted by Gasteiger charge is -2.47. The van der Waals surface area contributed by atoms with Crippen LogP contribution in [0.25, 0.3) is 0 Å². The Bertz CT molecular complexity index is 1140. The Morgan fingerprint density at radius 2 is 0.286 bits per heavy atom. The van der Waals surface area contributed by atoms with E-state index in [2.05, 4.69) is 85.1 Å². The number of nitrogens with one attached hydrogen (secondary N) is 16. The largest absolute Gasteiger partial charge is 0.305 e. The van der Waals surface area contributed by atoms with Crippen LogP contribution in [-0.2, 0) is 0 Å². The molecule has 16 unspecified atom stereocenters. The maximum Gasteiger partial charge on any atom is 0.0771 e. The third kappa shape index (κ3) is 6.06. The molecule has 0 radical (unpaired) electrons. The monoisotopic (exact) mass is 777 g/mol. The van der Waals surface area contributed by atoms with Gasteiger partial charge in [0.2, 0.25) is 0 Å². The van der Waals surface area contributed by atoms with Crippen LogP contribution in [0.3, 0.4) is 0 Å². The summed E-state index contributed by atoms with van der Waals surface area (Å²) < 4.78 is 0. The molecule has 312 valence electrons. The fourth-order valence-electron chi connectivity index (χ4n) is 14.9. The third-order valence-corrected chi connectivity index (χ3v) is 17.6. The molecule has 0 aromatic carbocycles. The summed E-state index contributed by atoms with van der Waals surface area (Å²) in [7, 11) is 0. The Hall–Kier alpha value is -0.640. The highest BCUT2D eigenvalue weighted by Crippen LogP contribution is 2.34. The smallest absolute Gasteiger partial charge is 0.0771 e. The van der Waals surface area contributed by atoms with E-state index in [1.54, 1.807) is 0 Å². The van der Waals surface area contributed by atoms with Gasteiger partial charge in [-0.2, -0.15) is 0 Å². The number of fused-ring (bicyclic) bond motifs is 24. The van der Waals surface area contributed by atoms with Crippen LogP contribution in [-0.4, -0.2) is 146 Å². The highest BCUT2D eigenvalue weighted by molar-refractivity contribution is 5.20. The average Bonchev–Trinajstić information content (AvgIpc) is 3.95. The molecule has 9 aliphatic heterocycles. The van der Waals surface area contributed by atoms with E-state index in [0.29, 0.717) is 48.3 Å². The molecule has 13 rings (SSSR count). The zero-order valence-corrected chi connectivity index (χ0v) is 33.2. The Kier molecular flexibility index (Phi) is 9.33. The van der Waals surface area contributed by atoms with Gasteiger partial charge in [-0.15, -0.1) is 0 Å². The van der Waals surface area contributed by atoms with E-state index >= 15 is 0 Å². The van der Waals surface area contributed by atoms with Gasteiger partial charge in [-0.3, -0.25) is 42.5 Å². The van der Waals surface area contributed by atoms with E-state index < -0.39 is 0 Å². The van der Waals surface area contributed by atoms with Crippen LogP contribution >= 0.6 is 0 Å². The second-order valence-electron chi connectivity index (χ2n) is 20.7. The highest BCUT2D eigenvalue weighted by Gasteiger charge is 2.59. The predicted octanol–water partition coefficient (Wildman–Crippen LogP) is -3.66. The van der Waals surface area contributed by atoms with Crippen molar-refractivity contribution in [2.45, 2.75) is 249 Å². The molecule has 16 nitrogen and oxygen atoms in total. The first-order valence-corrected chi connectivity index (χ1v) is 23.8. The van der Waals surface area contributed by atoms with Crippen LogP contribution in [0.4, 0.5) is 0 Å². The van der Waals surface area contributed by atoms with Crippen LogP contribution in [0.5, 0.6) is 0 Å². The summed E-state index contributed by atoms with van der Waals surface area (Å²) in [4.78, 5) is 0. The van der Waals surface area contributed by atoms with E-state index in [-0.39, 0.29) is 97.7 Å². The van der Waals surface area contributed by atoms with Crippen molar-refractivity contribution in [3.8, 4) is 0 Å². The standard InChI is InChI=1S/C40H72N16/c1-2-10-18-17(9-1)41-25-26(42-18)34-49-33(25)53-35-27-28(44-20-12-4-3-11-19(20)43-27)37(50-35)55-39-31-32(48-24-16-8-7-15-23(24)47-31)40(52-39)56-38-30-29(36(51-38)54-34)45-21-13-5-6-14-22(21)46-30/h17-56H,1-16H2. The van der Waals surface area contributed by atoms with Gasteiger partial charge in [-0.05, 0) is 51.4 Å². The lowest BCUT2D eigenvalue weighted by Crippen LogP contribution is -2.74. The van der Waals surface area contributed by atoms with Crippen molar-refractivity contribution in [2.24, 2.45) is 0 Å². The summed E-state index contributed by atoms with van der Waals surface area (Å²) in [6.07, 6.45) is 21.6. The normalized spacial score (nSPS) is 60.0. The van der Waals surface area contributed by atoms with Gasteiger partial charge in [0.25, 0.3) is 0 Å². The van der Waals surface area contributed by atoms with E-state index in [9.17, 15) is 0 Å². The molecule has 9 saturated heterocycles. The van der Waals surface area contributed by atoms with Gasteiger partial charge >= 0.3 is 0 Å². The minimum atomic E-state index is 0.112. The summed E-state index contributed by atoms with van der Waals surface area (Å²) in [5.41, 5.74) is 0. The van der Waals surface area contributed by atoms with Gasteiger partial charge in [0.15, 0.2) is 0 Å². The Morgan fingerprint density at radius 1 is 0.161 bits per heavy atom. The minimum absolute atomic E-state index is 0.112. The summed E-state index contributed by atoms with van der Waals surface area (Å²) in [6.45, 7) is 0. The van der Waals surface area contributed by atoms with Crippen molar-refractivity contribution in [1.82, 2.24) is 85.1 Å². The lowest BCUT2D eigenvalue weighted by molar-refractivity contribution is 0.136. The van der Waals surface area contributed by atoms with Crippen LogP contribution in [0.15, 0.2) is 0 Å². The molecular formula is C40H72N16. The van der Waals surface area contributed by atoms with Crippen molar-refractivity contribution < 1.29 is 0 Å². The van der Waals surface area contributed by atoms with E-state index in [0.717, 1.165) is 0 Å². The van der Waals surface area contributed by atoms with Gasteiger partial charge in [-0.25, -0.2) is 0 Å². The van der Waals surface area contributed by atoms with Gasteiger partial charge in [-0.1, -0.05) is 51.4 Å². The van der Waals surface area contributed by atoms with Crippen LogP contribution in [0.1, 0.15) is 103 Å². The minimum Gasteiger partial charge on any atom is -0.305 e. The molecule has 9 heterocycles. The summed E-state index contributed by atoms with van der Waals surface area (Å²) in [5.74, 6) is 0. The molecule has 8 bridgehead atoms. The summed E-state index contributed by atoms with van der Waals surface area (Å²) in [6, 6.07) is 6.48. The number of hydrogen-bond acceptors (Lipinski definition) is 16. The quantitative estimate of drug-likeness (QED) is 0.115. The molecular weight excluding hydrogens is 705 g/mol. The van der Waals surface area contributed by atoms with Crippen molar-refractivity contribution in [3.63, 3.8) is 0 Å². The SMILES string of the molecule is C1CCC2NC3C4NC(NC5NC(NC6NC(NC7NC(N4)C4NC8CCCCC8NC74)C4NC7CCCCC7NC64)C4NC6CCCCC6NC54)C3NC2C1. The molecule has 13 fully saturated rings. The maximum absolute atomic E-state index is 4.27. The summed E-state index contributed by atoms with van der Waals surface area (Å²) >= 11 is 0. The second-order valence-corrected chi connectivity index (χ2v) is 20.7. The fourth-order valence-corrected chi connectivity index (χ4v) is 14.9. The van der Waals surface area contributed by atoms with Crippen molar-refractivity contribution in [1.29, 1.82) is 0 Å². The van der Waals surface area contributed by atoms with Gasteiger partial charge < -0.3 is 42.5 Å². The first-order chi connectivity index (χ1) is 27.7. The van der Waals surface area contributed by atoms with Crippen LogP contribution in [0, 0.1) is 0 Å². The zero-order chi connectivity index (χ0) is 36.5. The first-order valence-electron chi connectivity index (χ1n) is 23.8. The first kappa shape index (κ1) is 36.1. The van der Waals surface area contributed by atoms with E-state index in [1.165, 1.54) is 103 Å². The number of rotatable bonds is 0. The molecule has 0 amide bonds. The van der Waals surface area contributed by atoms with Crippen LogP contribution in [0.2, 0.25) is 0 Å². The summed E-state index contributed by atoms with van der Waals surface area (Å²) in [5, 5.41) is 67.9. The topological polar surface area (TPSA) is 192 Å². The Morgan fingerprint density at radius 3 is 0.411 bits per heavy atom. The van der Waals surface area contributed by atoms with Gasteiger partial charge in [0.05, 0.1) is 97.7 Å². The molecule has 13 aliphatic rings. The predicted molar refractivity (Wildman–Crippen MR) is 215 cm³/mol. The second kappa shape index (κ2) is 14.5. The van der Waals surface area contributed by atoms with Gasteiger partial charge in [0.1, 0.15) is 0 Å². The fraction of sp³-hybridized carbons (Fsp3) is 1.00. The molecule has 16 N–H and O–H groups in total. The maximum atomic E-state index is 4.27. The molecule has 56 heavy (non-hydrogen) atoms. The molecule has 0 aromatic heterocycles. The third-order valence-electron chi connectivity index (χ3n) is 17.6. The molecule has 4 saturated carbocycles. The Balaban J connectivity index is 0.860. The molecule has 4 aliphatic carbocycles. The van der Waals surface area contributed by atoms with Crippen molar-refractivity contribution in [2.75, 3.05) is 0 Å². The van der Waals surface area contributed by atoms with E-state index in [4.69, 9.17) is 0 Å². The number of piperazine rings is 4. The molecule has 16 heteroatoms. The number of hydrogen-bond donors (Lipinski definition) is 16. The average molecular weight is 777 g/mol. The molecule has 0 spiro atoms.